The van der Waals surface area contributed by atoms with Gasteiger partial charge in [-0.05, 0) is 42.2 Å². The minimum Gasteiger partial charge on any atom is -0.361 e. The Balaban J connectivity index is 1.81. The molecule has 0 bridgehead atoms. The quantitative estimate of drug-likeness (QED) is 0.812. The number of rotatable bonds is 7. The molecule has 0 fully saturated rings. The zero-order valence-corrected chi connectivity index (χ0v) is 12.3. The monoisotopic (exact) mass is 273 g/mol. The highest BCUT2D eigenvalue weighted by molar-refractivity contribution is 5.83. The number of nitrogens with one attached hydrogen (secondary N) is 2. The highest BCUT2D eigenvalue weighted by Crippen LogP contribution is 2.14. The van der Waals surface area contributed by atoms with Gasteiger partial charge in [0, 0.05) is 24.8 Å². The largest absolute Gasteiger partial charge is 0.361 e. The maximum absolute atomic E-state index is 11.9. The molecule has 0 aliphatic heterocycles. The molecule has 0 unspecified atom stereocenters. The van der Waals surface area contributed by atoms with E-state index in [2.05, 4.69) is 35.1 Å². The van der Waals surface area contributed by atoms with Crippen LogP contribution in [-0.2, 0) is 11.2 Å². The van der Waals surface area contributed by atoms with Crippen LogP contribution in [0, 0.1) is 0 Å². The van der Waals surface area contributed by atoms with Gasteiger partial charge in [0.25, 0.3) is 0 Å². The maximum atomic E-state index is 11.9. The van der Waals surface area contributed by atoms with Gasteiger partial charge in [-0.3, -0.25) is 4.79 Å². The number of amides is 1. The molecule has 1 amide bonds. The van der Waals surface area contributed by atoms with E-state index in [1.807, 2.05) is 24.4 Å². The molecule has 108 valence electrons. The number of likely N-dealkylation sites (N-methyl/N-ethyl adjacent to an activating group) is 1. The lowest BCUT2D eigenvalue weighted by Crippen LogP contribution is -2.35. The summed E-state index contributed by atoms with van der Waals surface area (Å²) in [6.07, 6.45) is 2.36. The van der Waals surface area contributed by atoms with Crippen LogP contribution in [0.25, 0.3) is 10.9 Å². The summed E-state index contributed by atoms with van der Waals surface area (Å²) in [6.45, 7) is 7.95. The number of hydrogen-bond acceptors (Lipinski definition) is 2. The SMILES string of the molecule is CCN(CC)CCNC(=O)Cc1ccc2[nH]ccc2c1. The fourth-order valence-electron chi connectivity index (χ4n) is 2.35. The van der Waals surface area contributed by atoms with Gasteiger partial charge in [-0.15, -0.1) is 0 Å². The molecule has 0 radical (unpaired) electrons. The van der Waals surface area contributed by atoms with E-state index in [-0.39, 0.29) is 5.91 Å². The number of hydrogen-bond donors (Lipinski definition) is 2. The van der Waals surface area contributed by atoms with Crippen LogP contribution in [0.3, 0.4) is 0 Å². The Labute approximate surface area is 120 Å². The molecular weight excluding hydrogens is 250 g/mol. The van der Waals surface area contributed by atoms with E-state index in [0.717, 1.165) is 36.1 Å². The lowest BCUT2D eigenvalue weighted by Gasteiger charge is -2.17. The molecule has 0 saturated carbocycles. The van der Waals surface area contributed by atoms with Crippen LogP contribution in [-0.4, -0.2) is 42.0 Å². The lowest BCUT2D eigenvalue weighted by atomic mass is 10.1. The molecule has 2 rings (SSSR count). The molecular formula is C16H23N3O. The Morgan fingerprint density at radius 2 is 2.05 bits per heavy atom. The third-order valence-corrected chi connectivity index (χ3v) is 3.63. The second kappa shape index (κ2) is 7.10. The van der Waals surface area contributed by atoms with Gasteiger partial charge < -0.3 is 15.2 Å². The van der Waals surface area contributed by atoms with Crippen molar-refractivity contribution in [3.05, 3.63) is 36.0 Å². The molecule has 0 aliphatic rings. The summed E-state index contributed by atoms with van der Waals surface area (Å²) in [5, 5.41) is 4.14. The van der Waals surface area contributed by atoms with E-state index in [1.54, 1.807) is 0 Å². The van der Waals surface area contributed by atoms with Crippen molar-refractivity contribution >= 4 is 16.8 Å². The molecule has 1 aromatic heterocycles. The number of aromatic amines is 1. The van der Waals surface area contributed by atoms with Gasteiger partial charge >= 0.3 is 0 Å². The zero-order valence-electron chi connectivity index (χ0n) is 12.3. The summed E-state index contributed by atoms with van der Waals surface area (Å²) < 4.78 is 0. The van der Waals surface area contributed by atoms with Crippen molar-refractivity contribution in [2.75, 3.05) is 26.2 Å². The summed E-state index contributed by atoms with van der Waals surface area (Å²) in [5.74, 6) is 0.0899. The smallest absolute Gasteiger partial charge is 0.224 e. The standard InChI is InChI=1S/C16H23N3O/c1-3-19(4-2)10-9-18-16(20)12-13-5-6-15-14(11-13)7-8-17-15/h5-8,11,17H,3-4,9-10,12H2,1-2H3,(H,18,20). The van der Waals surface area contributed by atoms with Crippen LogP contribution in [0.2, 0.25) is 0 Å². The first-order chi connectivity index (χ1) is 9.72. The molecule has 0 saturated heterocycles. The van der Waals surface area contributed by atoms with E-state index in [9.17, 15) is 4.79 Å². The number of nitrogens with zero attached hydrogens (tertiary/aromatic N) is 1. The van der Waals surface area contributed by atoms with Crippen LogP contribution < -0.4 is 5.32 Å². The molecule has 0 aliphatic carbocycles. The zero-order chi connectivity index (χ0) is 14.4. The van der Waals surface area contributed by atoms with Crippen molar-refractivity contribution in [1.82, 2.24) is 15.2 Å². The molecule has 0 spiro atoms. The van der Waals surface area contributed by atoms with Gasteiger partial charge in [0.1, 0.15) is 0 Å². The van der Waals surface area contributed by atoms with Crippen molar-refractivity contribution in [2.45, 2.75) is 20.3 Å². The third-order valence-electron chi connectivity index (χ3n) is 3.63. The molecule has 2 N–H and O–H groups in total. The second-order valence-electron chi connectivity index (χ2n) is 4.95. The van der Waals surface area contributed by atoms with Gasteiger partial charge in [0.2, 0.25) is 5.91 Å². The summed E-state index contributed by atoms with van der Waals surface area (Å²) in [6, 6.07) is 8.11. The molecule has 1 heterocycles. The maximum Gasteiger partial charge on any atom is 0.224 e. The molecule has 4 nitrogen and oxygen atoms in total. The van der Waals surface area contributed by atoms with E-state index >= 15 is 0 Å². The van der Waals surface area contributed by atoms with Gasteiger partial charge in [0.15, 0.2) is 0 Å². The van der Waals surface area contributed by atoms with Crippen LogP contribution in [0.4, 0.5) is 0 Å². The van der Waals surface area contributed by atoms with Crippen LogP contribution in [0.5, 0.6) is 0 Å². The highest BCUT2D eigenvalue weighted by atomic mass is 16.1. The first-order valence-corrected chi connectivity index (χ1v) is 7.28. The van der Waals surface area contributed by atoms with Gasteiger partial charge in [-0.25, -0.2) is 0 Å². The Hall–Kier alpha value is -1.81. The summed E-state index contributed by atoms with van der Waals surface area (Å²) in [5.41, 5.74) is 2.16. The second-order valence-corrected chi connectivity index (χ2v) is 4.95. The predicted octanol–water partition coefficient (Wildman–Crippen LogP) is 2.17. The Bertz CT molecular complexity index is 558. The highest BCUT2D eigenvalue weighted by Gasteiger charge is 2.05. The van der Waals surface area contributed by atoms with E-state index in [4.69, 9.17) is 0 Å². The van der Waals surface area contributed by atoms with Crippen molar-refractivity contribution in [1.29, 1.82) is 0 Å². The van der Waals surface area contributed by atoms with E-state index in [1.165, 1.54) is 0 Å². The number of benzene rings is 1. The summed E-state index contributed by atoms with van der Waals surface area (Å²) in [7, 11) is 0. The summed E-state index contributed by atoms with van der Waals surface area (Å²) in [4.78, 5) is 17.4. The Morgan fingerprint density at radius 3 is 2.80 bits per heavy atom. The normalized spacial score (nSPS) is 11.2. The first-order valence-electron chi connectivity index (χ1n) is 7.28. The van der Waals surface area contributed by atoms with Crippen molar-refractivity contribution in [2.24, 2.45) is 0 Å². The Morgan fingerprint density at radius 1 is 1.25 bits per heavy atom. The molecule has 2 aromatic rings. The Kier molecular flexibility index (Phi) is 5.18. The predicted molar refractivity (Wildman–Crippen MR) is 82.8 cm³/mol. The van der Waals surface area contributed by atoms with Crippen LogP contribution in [0.1, 0.15) is 19.4 Å². The average molecular weight is 273 g/mol. The minimum atomic E-state index is 0.0899. The number of aromatic nitrogens is 1. The number of carbonyl (C=O) groups excluding carboxylic acids is 1. The molecule has 4 heteroatoms. The first kappa shape index (κ1) is 14.6. The molecule has 1 aromatic carbocycles. The average Bonchev–Trinajstić information content (AvgIpc) is 2.91. The van der Waals surface area contributed by atoms with Crippen molar-refractivity contribution in [3.8, 4) is 0 Å². The molecule has 20 heavy (non-hydrogen) atoms. The van der Waals surface area contributed by atoms with Crippen molar-refractivity contribution < 1.29 is 4.79 Å². The lowest BCUT2D eigenvalue weighted by molar-refractivity contribution is -0.120. The van der Waals surface area contributed by atoms with E-state index < -0.39 is 0 Å². The third kappa shape index (κ3) is 3.84. The number of carbonyl (C=O) groups is 1. The van der Waals surface area contributed by atoms with Gasteiger partial charge in [-0.2, -0.15) is 0 Å². The number of fused-ring (bicyclic) bond motifs is 1. The van der Waals surface area contributed by atoms with Crippen LogP contribution >= 0.6 is 0 Å². The minimum absolute atomic E-state index is 0.0899. The van der Waals surface area contributed by atoms with Gasteiger partial charge in [-0.1, -0.05) is 19.9 Å². The van der Waals surface area contributed by atoms with E-state index in [0.29, 0.717) is 13.0 Å². The van der Waals surface area contributed by atoms with Crippen LogP contribution in [0.15, 0.2) is 30.5 Å². The fourth-order valence-corrected chi connectivity index (χ4v) is 2.35. The fraction of sp³-hybridized carbons (Fsp3) is 0.438. The van der Waals surface area contributed by atoms with Crippen molar-refractivity contribution in [3.63, 3.8) is 0 Å². The molecule has 0 atom stereocenters. The summed E-state index contributed by atoms with van der Waals surface area (Å²) >= 11 is 0. The topological polar surface area (TPSA) is 48.1 Å². The van der Waals surface area contributed by atoms with Gasteiger partial charge in [0.05, 0.1) is 6.42 Å². The number of H-pyrrole nitrogens is 1.